The number of carbonyl (C=O) groups is 1. The van der Waals surface area contributed by atoms with Gasteiger partial charge in [0.1, 0.15) is 17.6 Å². The number of para-hydroxylation sites is 1. The molecule has 3 rings (SSSR count). The number of hydrogen-bond acceptors (Lipinski definition) is 6. The minimum atomic E-state index is -3.02. The molecule has 0 spiro atoms. The maximum atomic E-state index is 13.2. The van der Waals surface area contributed by atoms with E-state index in [9.17, 15) is 18.8 Å². The predicted octanol–water partition coefficient (Wildman–Crippen LogP) is 6.64. The van der Waals surface area contributed by atoms with Gasteiger partial charge in [0.25, 0.3) is 0 Å². The Morgan fingerprint density at radius 1 is 0.886 bits per heavy atom. The number of methoxy groups -OCH3 is 1. The van der Waals surface area contributed by atoms with Crippen LogP contribution in [-0.2, 0) is 9.53 Å². The first kappa shape index (κ1) is 25.5. The molecule has 0 saturated carbocycles. The summed E-state index contributed by atoms with van der Waals surface area (Å²) in [5, 5.41) is 9.73. The molecule has 0 bridgehead atoms. The van der Waals surface area contributed by atoms with Crippen LogP contribution in [0, 0.1) is 17.2 Å². The lowest BCUT2D eigenvalue weighted by molar-refractivity contribution is -0.150. The van der Waals surface area contributed by atoms with E-state index in [1.54, 1.807) is 36.4 Å². The monoisotopic (exact) mass is 481 g/mol. The molecule has 2 unspecified atom stereocenters. The van der Waals surface area contributed by atoms with Crippen molar-refractivity contribution < 1.29 is 32.5 Å². The molecule has 182 valence electrons. The Morgan fingerprint density at radius 3 is 2.23 bits per heavy atom. The third-order valence-electron chi connectivity index (χ3n) is 5.17. The van der Waals surface area contributed by atoms with Crippen molar-refractivity contribution in [2.45, 2.75) is 32.5 Å². The van der Waals surface area contributed by atoms with E-state index in [1.807, 2.05) is 38.1 Å². The molecule has 8 heteroatoms. The van der Waals surface area contributed by atoms with Gasteiger partial charge >= 0.3 is 12.6 Å². The third-order valence-corrected chi connectivity index (χ3v) is 5.17. The van der Waals surface area contributed by atoms with Gasteiger partial charge in [-0.2, -0.15) is 14.0 Å². The van der Waals surface area contributed by atoms with Gasteiger partial charge in [0.05, 0.1) is 13.0 Å². The van der Waals surface area contributed by atoms with Gasteiger partial charge in [-0.25, -0.2) is 0 Å². The molecule has 0 fully saturated rings. The minimum Gasteiger partial charge on any atom is -0.493 e. The van der Waals surface area contributed by atoms with Crippen molar-refractivity contribution in [1.82, 2.24) is 0 Å². The zero-order valence-electron chi connectivity index (χ0n) is 19.5. The highest BCUT2D eigenvalue weighted by Crippen LogP contribution is 2.36. The molecule has 0 N–H and O–H groups in total. The van der Waals surface area contributed by atoms with E-state index in [1.165, 1.54) is 25.3 Å². The number of alkyl halides is 2. The molecule has 0 aliphatic carbocycles. The van der Waals surface area contributed by atoms with Gasteiger partial charge in [0.15, 0.2) is 11.5 Å². The molecular formula is C27H25F2NO5. The van der Waals surface area contributed by atoms with Gasteiger partial charge in [-0.15, -0.1) is 0 Å². The third kappa shape index (κ3) is 6.70. The summed E-state index contributed by atoms with van der Waals surface area (Å²) in [6.07, 6.45) is -1.17. The molecular weight excluding hydrogens is 456 g/mol. The number of nitriles is 1. The summed E-state index contributed by atoms with van der Waals surface area (Å²) in [7, 11) is 1.32. The first-order valence-electron chi connectivity index (χ1n) is 10.9. The Hall–Kier alpha value is -4.12. The normalized spacial score (nSPS) is 12.5. The van der Waals surface area contributed by atoms with E-state index in [-0.39, 0.29) is 17.4 Å². The maximum Gasteiger partial charge on any atom is 0.387 e. The number of nitrogens with zero attached hydrogens (tertiary/aromatic N) is 1. The summed E-state index contributed by atoms with van der Waals surface area (Å²) in [5.41, 5.74) is 0.941. The van der Waals surface area contributed by atoms with Crippen LogP contribution in [0.5, 0.6) is 23.0 Å². The summed E-state index contributed by atoms with van der Waals surface area (Å²) in [6.45, 7) is 0.619. The molecule has 0 amide bonds. The second-order valence-corrected chi connectivity index (χ2v) is 7.94. The molecule has 3 aromatic rings. The minimum absolute atomic E-state index is 0.0591. The number of rotatable bonds is 10. The first-order valence-corrected chi connectivity index (χ1v) is 10.9. The number of halogens is 2. The molecule has 0 radical (unpaired) electrons. The fourth-order valence-corrected chi connectivity index (χ4v) is 3.59. The van der Waals surface area contributed by atoms with Crippen LogP contribution in [0.15, 0.2) is 72.8 Å². The lowest BCUT2D eigenvalue weighted by atomic mass is 9.88. The van der Waals surface area contributed by atoms with Crippen LogP contribution in [0.1, 0.15) is 37.0 Å². The van der Waals surface area contributed by atoms with Crippen LogP contribution in [-0.4, -0.2) is 19.7 Å². The van der Waals surface area contributed by atoms with E-state index < -0.39 is 24.6 Å². The van der Waals surface area contributed by atoms with Crippen LogP contribution in [0.4, 0.5) is 8.78 Å². The summed E-state index contributed by atoms with van der Waals surface area (Å²) in [4.78, 5) is 13.2. The number of hydrogen-bond donors (Lipinski definition) is 0. The van der Waals surface area contributed by atoms with Crippen molar-refractivity contribution in [3.63, 3.8) is 0 Å². The van der Waals surface area contributed by atoms with E-state index in [0.29, 0.717) is 22.6 Å². The fourth-order valence-electron chi connectivity index (χ4n) is 3.59. The first-order chi connectivity index (χ1) is 16.8. The Balaban J connectivity index is 1.81. The van der Waals surface area contributed by atoms with Crippen molar-refractivity contribution in [3.05, 3.63) is 83.9 Å². The summed E-state index contributed by atoms with van der Waals surface area (Å²) in [6, 6.07) is 22.2. The Morgan fingerprint density at radius 2 is 1.60 bits per heavy atom. The average molecular weight is 481 g/mol. The molecule has 0 aromatic heterocycles. The van der Waals surface area contributed by atoms with Crippen LogP contribution in [0.3, 0.4) is 0 Å². The summed E-state index contributed by atoms with van der Waals surface area (Å²) < 4.78 is 46.3. The predicted molar refractivity (Wildman–Crippen MR) is 125 cm³/mol. The van der Waals surface area contributed by atoms with Gasteiger partial charge in [0.2, 0.25) is 6.10 Å². The highest BCUT2D eigenvalue weighted by Gasteiger charge is 2.30. The van der Waals surface area contributed by atoms with E-state index >= 15 is 0 Å². The van der Waals surface area contributed by atoms with E-state index in [2.05, 4.69) is 4.74 Å². The quantitative estimate of drug-likeness (QED) is 0.302. The summed E-state index contributed by atoms with van der Waals surface area (Å²) >= 11 is 0. The molecule has 35 heavy (non-hydrogen) atoms. The van der Waals surface area contributed by atoms with Gasteiger partial charge in [0, 0.05) is 5.56 Å². The molecule has 0 aliphatic rings. The van der Waals surface area contributed by atoms with Crippen molar-refractivity contribution in [2.24, 2.45) is 5.92 Å². The number of benzene rings is 3. The Bertz CT molecular complexity index is 1180. The van der Waals surface area contributed by atoms with Gasteiger partial charge in [-0.3, -0.25) is 4.79 Å². The topological polar surface area (TPSA) is 77.8 Å². The van der Waals surface area contributed by atoms with Crippen LogP contribution >= 0.6 is 0 Å². The van der Waals surface area contributed by atoms with Crippen LogP contribution in [0.2, 0.25) is 0 Å². The largest absolute Gasteiger partial charge is 0.493 e. The standard InChI is InChI=1S/C27H25F2NO5/c1-17(2)25(19-12-13-22(35-27(28)29)23(15-19)32-3)26(31)34-24(16-30)18-8-7-11-21(14-18)33-20-9-5-4-6-10-20/h4-15,17,24-25,27H,1-3H3. The lowest BCUT2D eigenvalue weighted by Gasteiger charge is -2.23. The summed E-state index contributed by atoms with van der Waals surface area (Å²) in [5.74, 6) is -0.597. The number of esters is 1. The molecule has 6 nitrogen and oxygen atoms in total. The number of ether oxygens (including phenoxy) is 4. The van der Waals surface area contributed by atoms with Crippen LogP contribution < -0.4 is 14.2 Å². The highest BCUT2D eigenvalue weighted by molar-refractivity contribution is 5.79. The van der Waals surface area contributed by atoms with Crippen molar-refractivity contribution >= 4 is 5.97 Å². The SMILES string of the molecule is COc1cc(C(C(=O)OC(C#N)c2cccc(Oc3ccccc3)c2)C(C)C)ccc1OC(F)F. The molecule has 0 saturated heterocycles. The second kappa shape index (κ2) is 11.8. The molecule has 0 heterocycles. The van der Waals surface area contributed by atoms with Crippen molar-refractivity contribution in [2.75, 3.05) is 7.11 Å². The Kier molecular flexibility index (Phi) is 8.63. The molecule has 3 aromatic carbocycles. The lowest BCUT2D eigenvalue weighted by Crippen LogP contribution is -2.22. The zero-order valence-corrected chi connectivity index (χ0v) is 19.5. The van der Waals surface area contributed by atoms with Gasteiger partial charge in [-0.05, 0) is 47.9 Å². The maximum absolute atomic E-state index is 13.2. The van der Waals surface area contributed by atoms with E-state index in [0.717, 1.165) is 0 Å². The van der Waals surface area contributed by atoms with E-state index in [4.69, 9.17) is 14.2 Å². The van der Waals surface area contributed by atoms with Gasteiger partial charge in [-0.1, -0.05) is 50.2 Å². The smallest absolute Gasteiger partial charge is 0.387 e. The fraction of sp³-hybridized carbons (Fsp3) is 0.259. The average Bonchev–Trinajstić information content (AvgIpc) is 2.83. The highest BCUT2D eigenvalue weighted by atomic mass is 19.3. The molecule has 2 atom stereocenters. The van der Waals surface area contributed by atoms with Crippen molar-refractivity contribution in [3.8, 4) is 29.1 Å². The van der Waals surface area contributed by atoms with Gasteiger partial charge < -0.3 is 18.9 Å². The molecule has 0 aliphatic heterocycles. The zero-order chi connectivity index (χ0) is 25.4. The Labute approximate surface area is 202 Å². The number of carbonyl (C=O) groups excluding carboxylic acids is 1. The van der Waals surface area contributed by atoms with Crippen molar-refractivity contribution in [1.29, 1.82) is 5.26 Å². The van der Waals surface area contributed by atoms with Crippen LogP contribution in [0.25, 0.3) is 0 Å². The second-order valence-electron chi connectivity index (χ2n) is 7.94.